The average Bonchev–Trinajstić information content (AvgIpc) is 2.10. The van der Waals surface area contributed by atoms with E-state index in [-0.39, 0.29) is 18.2 Å². The van der Waals surface area contributed by atoms with Gasteiger partial charge in [-0.1, -0.05) is 15.9 Å². The van der Waals surface area contributed by atoms with Crippen LogP contribution in [0.25, 0.3) is 0 Å². The maximum Gasteiger partial charge on any atom is 0.573 e. The highest BCUT2D eigenvalue weighted by molar-refractivity contribution is 9.10. The van der Waals surface area contributed by atoms with E-state index in [2.05, 4.69) is 26.0 Å². The largest absolute Gasteiger partial charge is 0.573 e. The lowest BCUT2D eigenvalue weighted by Gasteiger charge is -2.39. The zero-order valence-corrected chi connectivity index (χ0v) is 11.5. The third-order valence-electron chi connectivity index (χ3n) is 2.56. The van der Waals surface area contributed by atoms with E-state index in [0.717, 1.165) is 0 Å². The zero-order chi connectivity index (χ0) is 12.7. The Morgan fingerprint density at radius 2 is 1.89 bits per heavy atom. The van der Waals surface area contributed by atoms with Crippen molar-refractivity contribution in [2.24, 2.45) is 5.73 Å². The molecule has 1 heterocycles. The molecule has 0 aliphatic carbocycles. The highest BCUT2D eigenvalue weighted by Crippen LogP contribution is 2.32. The van der Waals surface area contributed by atoms with Crippen molar-refractivity contribution in [1.29, 1.82) is 0 Å². The number of halogens is 5. The molecule has 0 atom stereocenters. The lowest BCUT2D eigenvalue weighted by Crippen LogP contribution is -2.62. The molecule has 0 spiro atoms. The molecular weight excluding hydrogens is 336 g/mol. The smallest absolute Gasteiger partial charge is 0.406 e. The van der Waals surface area contributed by atoms with E-state index in [9.17, 15) is 13.2 Å². The van der Waals surface area contributed by atoms with E-state index < -0.39 is 11.9 Å². The summed E-state index contributed by atoms with van der Waals surface area (Å²) in [6, 6.07) is 4.27. The molecular formula is C10H11BrClF3N2O. The topological polar surface area (TPSA) is 47.3 Å². The van der Waals surface area contributed by atoms with E-state index >= 15 is 0 Å². The Kier molecular flexibility index (Phi) is 4.53. The fraction of sp³-hybridized carbons (Fsp3) is 0.400. The van der Waals surface area contributed by atoms with Crippen LogP contribution in [0.15, 0.2) is 22.7 Å². The van der Waals surface area contributed by atoms with Gasteiger partial charge in [0.25, 0.3) is 0 Å². The van der Waals surface area contributed by atoms with Crippen LogP contribution in [0.2, 0.25) is 0 Å². The van der Waals surface area contributed by atoms with Gasteiger partial charge < -0.3 is 15.8 Å². The summed E-state index contributed by atoms with van der Waals surface area (Å²) in [5.74, 6) is -0.265. The van der Waals surface area contributed by atoms with Crippen molar-refractivity contribution in [2.45, 2.75) is 11.9 Å². The number of rotatable bonds is 2. The van der Waals surface area contributed by atoms with E-state index in [1.807, 2.05) is 0 Å². The maximum atomic E-state index is 12.1. The van der Waals surface area contributed by atoms with Crippen LogP contribution in [0, 0.1) is 0 Å². The van der Waals surface area contributed by atoms with Crippen molar-refractivity contribution in [3.05, 3.63) is 28.2 Å². The van der Waals surface area contributed by atoms with Crippen molar-refractivity contribution in [3.63, 3.8) is 0 Å². The number of benzene rings is 1. The Morgan fingerprint density at radius 1 is 1.28 bits per heavy atom. The van der Waals surface area contributed by atoms with Gasteiger partial charge in [-0.3, -0.25) is 0 Å². The van der Waals surface area contributed by atoms with Gasteiger partial charge in [0, 0.05) is 17.6 Å². The van der Waals surface area contributed by atoms with Crippen LogP contribution in [-0.2, 0) is 5.54 Å². The van der Waals surface area contributed by atoms with Gasteiger partial charge in [-0.05, 0) is 23.8 Å². The minimum atomic E-state index is -4.70. The summed E-state index contributed by atoms with van der Waals surface area (Å²) in [4.78, 5) is 0. The fourth-order valence-corrected chi connectivity index (χ4v) is 2.11. The molecule has 1 saturated heterocycles. The standard InChI is InChI=1S/C10H10BrF3N2O.ClH/c11-7-1-6(9(15)4-16-5-9)2-8(3-7)17-10(12,13)14;/h1-3,16H,4-5,15H2;1H. The molecule has 2 rings (SSSR count). The summed E-state index contributed by atoms with van der Waals surface area (Å²) in [6.07, 6.45) is -4.70. The first-order valence-electron chi connectivity index (χ1n) is 4.85. The first-order chi connectivity index (χ1) is 7.78. The van der Waals surface area contributed by atoms with Crippen molar-refractivity contribution in [1.82, 2.24) is 5.32 Å². The third-order valence-corrected chi connectivity index (χ3v) is 3.02. The first kappa shape index (κ1) is 15.6. The maximum absolute atomic E-state index is 12.1. The second-order valence-corrected chi connectivity index (χ2v) is 4.90. The molecule has 1 aliphatic rings. The van der Waals surface area contributed by atoms with E-state index in [1.165, 1.54) is 12.1 Å². The SMILES string of the molecule is Cl.NC1(c2cc(Br)cc(OC(F)(F)F)c2)CNC1. The van der Waals surface area contributed by atoms with Crippen molar-refractivity contribution in [2.75, 3.05) is 13.1 Å². The second kappa shape index (κ2) is 5.24. The Balaban J connectivity index is 0.00000162. The van der Waals surface area contributed by atoms with Gasteiger partial charge in [0.2, 0.25) is 0 Å². The molecule has 0 saturated carbocycles. The summed E-state index contributed by atoms with van der Waals surface area (Å²) >= 11 is 3.14. The predicted octanol–water partition coefficient (Wildman–Crippen LogP) is 2.53. The lowest BCUT2D eigenvalue weighted by molar-refractivity contribution is -0.274. The van der Waals surface area contributed by atoms with E-state index in [1.54, 1.807) is 6.07 Å². The van der Waals surface area contributed by atoms with Gasteiger partial charge in [0.1, 0.15) is 5.75 Å². The molecule has 0 bridgehead atoms. The Hall–Kier alpha value is -0.500. The zero-order valence-electron chi connectivity index (χ0n) is 9.05. The molecule has 1 aromatic rings. The normalized spacial score (nSPS) is 17.6. The van der Waals surface area contributed by atoms with Crippen molar-refractivity contribution < 1.29 is 17.9 Å². The Bertz CT molecular complexity index is 438. The quantitative estimate of drug-likeness (QED) is 0.864. The third kappa shape index (κ3) is 3.50. The summed E-state index contributed by atoms with van der Waals surface area (Å²) < 4.78 is 40.7. The minimum Gasteiger partial charge on any atom is -0.406 e. The molecule has 0 amide bonds. The first-order valence-corrected chi connectivity index (χ1v) is 5.64. The van der Waals surface area contributed by atoms with Crippen LogP contribution in [0.4, 0.5) is 13.2 Å². The Morgan fingerprint density at radius 3 is 2.33 bits per heavy atom. The summed E-state index contributed by atoms with van der Waals surface area (Å²) in [5.41, 5.74) is 6.00. The number of hydrogen-bond acceptors (Lipinski definition) is 3. The van der Waals surface area contributed by atoms with Gasteiger partial charge in [0.05, 0.1) is 5.54 Å². The lowest BCUT2D eigenvalue weighted by atomic mass is 9.85. The van der Waals surface area contributed by atoms with Crippen molar-refractivity contribution in [3.8, 4) is 5.75 Å². The van der Waals surface area contributed by atoms with Gasteiger partial charge in [-0.2, -0.15) is 0 Å². The molecule has 0 aromatic heterocycles. The molecule has 3 nitrogen and oxygen atoms in total. The van der Waals surface area contributed by atoms with Gasteiger partial charge >= 0.3 is 6.36 Å². The monoisotopic (exact) mass is 346 g/mol. The van der Waals surface area contributed by atoms with Crippen LogP contribution in [0.1, 0.15) is 5.56 Å². The number of ether oxygens (including phenoxy) is 1. The minimum absolute atomic E-state index is 0. The summed E-state index contributed by atoms with van der Waals surface area (Å²) in [7, 11) is 0. The fourth-order valence-electron chi connectivity index (χ4n) is 1.64. The van der Waals surface area contributed by atoms with Gasteiger partial charge in [-0.25, -0.2) is 0 Å². The van der Waals surface area contributed by atoms with Crippen LogP contribution in [0.3, 0.4) is 0 Å². The molecule has 1 fully saturated rings. The van der Waals surface area contributed by atoms with Crippen LogP contribution in [-0.4, -0.2) is 19.5 Å². The molecule has 0 unspecified atom stereocenters. The van der Waals surface area contributed by atoms with Crippen LogP contribution in [0.5, 0.6) is 5.75 Å². The highest BCUT2D eigenvalue weighted by Gasteiger charge is 2.36. The highest BCUT2D eigenvalue weighted by atomic mass is 79.9. The predicted molar refractivity (Wildman–Crippen MR) is 66.8 cm³/mol. The number of alkyl halides is 3. The summed E-state index contributed by atoms with van der Waals surface area (Å²) in [6.45, 7) is 1.07. The van der Waals surface area contributed by atoms with E-state index in [0.29, 0.717) is 23.1 Å². The van der Waals surface area contributed by atoms with E-state index in [4.69, 9.17) is 5.73 Å². The van der Waals surface area contributed by atoms with Crippen LogP contribution < -0.4 is 15.8 Å². The average molecular weight is 348 g/mol. The van der Waals surface area contributed by atoms with Gasteiger partial charge in [-0.15, -0.1) is 25.6 Å². The number of nitrogens with two attached hydrogens (primary N) is 1. The number of nitrogens with one attached hydrogen (secondary N) is 1. The summed E-state index contributed by atoms with van der Waals surface area (Å²) in [5, 5.41) is 2.98. The molecule has 1 aliphatic heterocycles. The van der Waals surface area contributed by atoms with Gasteiger partial charge in [0.15, 0.2) is 0 Å². The van der Waals surface area contributed by atoms with Crippen molar-refractivity contribution >= 4 is 28.3 Å². The molecule has 0 radical (unpaired) electrons. The molecule has 8 heteroatoms. The number of hydrogen-bond donors (Lipinski definition) is 2. The molecule has 102 valence electrons. The second-order valence-electron chi connectivity index (χ2n) is 3.98. The Labute approximate surface area is 116 Å². The van der Waals surface area contributed by atoms with Crippen LogP contribution >= 0.6 is 28.3 Å². The molecule has 3 N–H and O–H groups in total. The molecule has 1 aromatic carbocycles. The molecule has 18 heavy (non-hydrogen) atoms.